The van der Waals surface area contributed by atoms with Gasteiger partial charge in [-0.05, 0) is 61.7 Å². The van der Waals surface area contributed by atoms with E-state index in [1.54, 1.807) is 46.4 Å². The highest BCUT2D eigenvalue weighted by molar-refractivity contribution is 7.18. The first-order chi connectivity index (χ1) is 29.6. The molecular weight excluding hydrogens is 799 g/mol. The lowest BCUT2D eigenvalue weighted by atomic mass is 9.72. The molecule has 0 radical (unpaired) electrons. The maximum absolute atomic E-state index is 13.5. The number of hydrogen-bond acceptors (Lipinski definition) is 15. The minimum atomic E-state index is -1.00. The molecule has 18 nitrogen and oxygen atoms in total. The van der Waals surface area contributed by atoms with Crippen molar-refractivity contribution in [3.63, 3.8) is 0 Å². The summed E-state index contributed by atoms with van der Waals surface area (Å²) >= 11 is 1.54. The highest BCUT2D eigenvalue weighted by Gasteiger charge is 2.47. The Morgan fingerprint density at radius 1 is 0.918 bits per heavy atom. The molecule has 1 aromatic carbocycles. The van der Waals surface area contributed by atoms with Crippen molar-refractivity contribution in [2.75, 3.05) is 81.1 Å². The van der Waals surface area contributed by atoms with E-state index in [0.29, 0.717) is 38.3 Å². The molecular formula is C42H41N13O5S. The van der Waals surface area contributed by atoms with E-state index in [9.17, 15) is 29.2 Å². The Balaban J connectivity index is 0.700. The second-order valence-electron chi connectivity index (χ2n) is 16.3. The number of piperazine rings is 1. The van der Waals surface area contributed by atoms with E-state index in [1.165, 1.54) is 0 Å². The molecule has 5 amide bonds. The average Bonchev–Trinajstić information content (AvgIpc) is 3.99. The zero-order valence-corrected chi connectivity index (χ0v) is 34.2. The van der Waals surface area contributed by atoms with Crippen molar-refractivity contribution in [2.45, 2.75) is 31.7 Å². The summed E-state index contributed by atoms with van der Waals surface area (Å²) in [6, 6.07) is 13.9. The SMILES string of the molecule is CNc1cc(-c2ccc3cc(C#N)cnn23)ncc1-c1nnc(N2CC3(CCN(C(=O)CN4CCN(c5ccc6c(c5)C(=O)N(C5CCC(=O)NC5=O)C6=O)CC4)CC3)C2)s1. The highest BCUT2D eigenvalue weighted by Crippen LogP contribution is 2.45. The summed E-state index contributed by atoms with van der Waals surface area (Å²) in [4.78, 5) is 78.3. The number of pyridine rings is 1. The number of nitrogens with zero attached hydrogens (tertiary/aromatic N) is 11. The zero-order valence-electron chi connectivity index (χ0n) is 33.3. The molecule has 4 saturated heterocycles. The van der Waals surface area contributed by atoms with Crippen LogP contribution in [0.3, 0.4) is 0 Å². The molecule has 0 bridgehead atoms. The fourth-order valence-corrected chi connectivity index (χ4v) is 10.1. The van der Waals surface area contributed by atoms with Crippen LogP contribution >= 0.6 is 11.3 Å². The fraction of sp³-hybridized carbons (Fsp3) is 0.381. The summed E-state index contributed by atoms with van der Waals surface area (Å²) < 4.78 is 1.77. The van der Waals surface area contributed by atoms with Crippen molar-refractivity contribution >= 4 is 62.9 Å². The number of imide groups is 2. The van der Waals surface area contributed by atoms with E-state index in [2.05, 4.69) is 46.7 Å². The molecule has 1 atom stereocenters. The van der Waals surface area contributed by atoms with Crippen LogP contribution in [0, 0.1) is 16.7 Å². The summed E-state index contributed by atoms with van der Waals surface area (Å²) in [5.74, 6) is -1.94. The number of piperidine rings is 2. The Morgan fingerprint density at radius 2 is 1.70 bits per heavy atom. The number of hydrogen-bond donors (Lipinski definition) is 2. The number of nitrogens with one attached hydrogen (secondary N) is 2. The average molecular weight is 840 g/mol. The van der Waals surface area contributed by atoms with E-state index in [0.717, 1.165) is 87.9 Å². The summed E-state index contributed by atoms with van der Waals surface area (Å²) in [6.07, 6.45) is 5.41. The molecule has 9 heterocycles. The van der Waals surface area contributed by atoms with Gasteiger partial charge in [0.2, 0.25) is 22.9 Å². The second kappa shape index (κ2) is 15.0. The van der Waals surface area contributed by atoms with Gasteiger partial charge in [0, 0.05) is 88.8 Å². The lowest BCUT2D eigenvalue weighted by Gasteiger charge is -2.54. The largest absolute Gasteiger partial charge is 0.387 e. The van der Waals surface area contributed by atoms with Crippen molar-refractivity contribution in [3.05, 3.63) is 71.5 Å². The van der Waals surface area contributed by atoms with E-state index >= 15 is 0 Å². The molecule has 61 heavy (non-hydrogen) atoms. The monoisotopic (exact) mass is 839 g/mol. The van der Waals surface area contributed by atoms with Gasteiger partial charge in [-0.1, -0.05) is 11.3 Å². The van der Waals surface area contributed by atoms with Gasteiger partial charge in [0.1, 0.15) is 12.1 Å². The molecule has 5 aromatic rings. The van der Waals surface area contributed by atoms with Crippen LogP contribution in [-0.4, -0.2) is 141 Å². The third kappa shape index (κ3) is 6.81. The van der Waals surface area contributed by atoms with Crippen LogP contribution in [0.2, 0.25) is 0 Å². The number of fused-ring (bicyclic) bond motifs is 2. The minimum Gasteiger partial charge on any atom is -0.387 e. The smallest absolute Gasteiger partial charge is 0.262 e. The molecule has 19 heteroatoms. The van der Waals surface area contributed by atoms with Crippen molar-refractivity contribution in [1.82, 2.24) is 44.8 Å². The molecule has 0 saturated carbocycles. The first-order valence-electron chi connectivity index (χ1n) is 20.4. The molecule has 1 spiro atoms. The minimum absolute atomic E-state index is 0.0725. The van der Waals surface area contributed by atoms with Gasteiger partial charge in [-0.25, -0.2) is 4.52 Å². The maximum atomic E-state index is 13.5. The number of carbonyl (C=O) groups excluding carboxylic acids is 5. The molecule has 2 N–H and O–H groups in total. The Hall–Kier alpha value is -6.78. The maximum Gasteiger partial charge on any atom is 0.262 e. The summed E-state index contributed by atoms with van der Waals surface area (Å²) in [5.41, 5.74) is 6.07. The van der Waals surface area contributed by atoms with Gasteiger partial charge in [-0.2, -0.15) is 10.4 Å². The number of benzene rings is 1. The lowest BCUT2D eigenvalue weighted by Crippen LogP contribution is -2.61. The molecule has 1 unspecified atom stereocenters. The van der Waals surface area contributed by atoms with Crippen molar-refractivity contribution < 1.29 is 24.0 Å². The molecule has 4 fully saturated rings. The first kappa shape index (κ1) is 38.4. The highest BCUT2D eigenvalue weighted by atomic mass is 32.1. The van der Waals surface area contributed by atoms with Crippen LogP contribution in [-0.2, 0) is 14.4 Å². The lowest BCUT2D eigenvalue weighted by molar-refractivity contribution is -0.137. The summed E-state index contributed by atoms with van der Waals surface area (Å²) in [5, 5.41) is 29.9. The third-order valence-electron chi connectivity index (χ3n) is 12.7. The molecule has 5 aliphatic heterocycles. The fourth-order valence-electron chi connectivity index (χ4n) is 9.24. The molecule has 4 aromatic heterocycles. The normalized spacial score (nSPS) is 20.2. The Labute approximate surface area is 353 Å². The van der Waals surface area contributed by atoms with E-state index in [-0.39, 0.29) is 35.3 Å². The Morgan fingerprint density at radius 3 is 2.46 bits per heavy atom. The first-order valence-corrected chi connectivity index (χ1v) is 21.2. The Bertz CT molecular complexity index is 2680. The number of amides is 5. The molecule has 0 aliphatic carbocycles. The van der Waals surface area contributed by atoms with E-state index in [1.807, 2.05) is 36.2 Å². The van der Waals surface area contributed by atoms with Gasteiger partial charge < -0.3 is 20.0 Å². The van der Waals surface area contributed by atoms with Crippen molar-refractivity contribution in [2.24, 2.45) is 5.41 Å². The van der Waals surface area contributed by atoms with Gasteiger partial charge in [0.15, 0.2) is 5.01 Å². The topological polar surface area (TPSA) is 205 Å². The van der Waals surface area contributed by atoms with Crippen molar-refractivity contribution in [3.8, 4) is 28.0 Å². The van der Waals surface area contributed by atoms with Gasteiger partial charge in [-0.3, -0.25) is 44.1 Å². The molecule has 310 valence electrons. The van der Waals surface area contributed by atoms with Crippen LogP contribution in [0.15, 0.2) is 54.9 Å². The van der Waals surface area contributed by atoms with Gasteiger partial charge >= 0.3 is 0 Å². The second-order valence-corrected chi connectivity index (χ2v) is 17.3. The van der Waals surface area contributed by atoms with E-state index < -0.39 is 29.7 Å². The van der Waals surface area contributed by atoms with Crippen LogP contribution in [0.4, 0.5) is 16.5 Å². The number of aromatic nitrogens is 5. The number of carbonyl (C=O) groups is 5. The van der Waals surface area contributed by atoms with Gasteiger partial charge in [0.05, 0.1) is 51.9 Å². The predicted octanol–water partition coefficient (Wildman–Crippen LogP) is 2.48. The quantitative estimate of drug-likeness (QED) is 0.216. The predicted molar refractivity (Wildman–Crippen MR) is 224 cm³/mol. The zero-order chi connectivity index (χ0) is 42.0. The van der Waals surface area contributed by atoms with E-state index in [4.69, 9.17) is 4.98 Å². The van der Waals surface area contributed by atoms with Gasteiger partial charge in [-0.15, -0.1) is 10.2 Å². The van der Waals surface area contributed by atoms with Crippen LogP contribution in [0.5, 0.6) is 0 Å². The van der Waals surface area contributed by atoms with Crippen LogP contribution < -0.4 is 20.4 Å². The van der Waals surface area contributed by atoms with Crippen LogP contribution in [0.1, 0.15) is 52.0 Å². The third-order valence-corrected chi connectivity index (χ3v) is 13.7. The molecule has 5 aliphatic rings. The summed E-state index contributed by atoms with van der Waals surface area (Å²) in [7, 11) is 1.87. The number of likely N-dealkylation sites (tertiary alicyclic amines) is 1. The Kier molecular flexibility index (Phi) is 9.48. The number of rotatable bonds is 8. The summed E-state index contributed by atoms with van der Waals surface area (Å²) in [6.45, 7) is 6.22. The molecule has 10 rings (SSSR count). The van der Waals surface area contributed by atoms with Gasteiger partial charge in [0.25, 0.3) is 11.8 Å². The van der Waals surface area contributed by atoms with Crippen LogP contribution in [0.25, 0.3) is 27.5 Å². The number of anilines is 3. The van der Waals surface area contributed by atoms with Crippen molar-refractivity contribution in [1.29, 1.82) is 5.26 Å². The standard InChI is InChI=1S/C42H41N13O5S/c1-44-31-18-32(33-5-3-27-16-25(19-43)20-46-55(27)33)45-21-30(31)38-48-49-41(61-38)53-23-42(24-53)8-10-52(11-9-42)36(57)22-50-12-14-51(15-13-50)26-2-4-28-29(17-26)40(60)54(39(28)59)34-6-7-35(56)47-37(34)58/h2-5,16-18,20-21,34H,6-15,22-24H2,1H3,(H,44,45)(H,47,56,58). The number of nitriles is 1.